The molecular weight excluding hydrogens is 379 g/mol. The molecule has 0 aliphatic carbocycles. The first-order valence-electron chi connectivity index (χ1n) is 8.57. The summed E-state index contributed by atoms with van der Waals surface area (Å²) in [5, 5.41) is 7.67. The Morgan fingerprint density at radius 2 is 1.71 bits per heavy atom. The van der Waals surface area contributed by atoms with Crippen LogP contribution in [-0.4, -0.2) is 23.0 Å². The number of hydrogen-bond acceptors (Lipinski definition) is 4. The van der Waals surface area contributed by atoms with Crippen LogP contribution in [0.3, 0.4) is 0 Å². The summed E-state index contributed by atoms with van der Waals surface area (Å²) in [4.78, 5) is 0.0937. The van der Waals surface area contributed by atoms with Gasteiger partial charge in [-0.15, -0.1) is 10.2 Å². The van der Waals surface area contributed by atoms with Gasteiger partial charge in [-0.25, -0.2) is 12.8 Å². The zero-order chi connectivity index (χ0) is 19.7. The average Bonchev–Trinajstić information content (AvgIpc) is 3.16. The summed E-state index contributed by atoms with van der Waals surface area (Å²) in [6.45, 7) is 2.08. The lowest BCUT2D eigenvalue weighted by atomic mass is 10.1. The monoisotopic (exact) mass is 396 g/mol. The minimum atomic E-state index is -3.91. The zero-order valence-corrected chi connectivity index (χ0v) is 15.8. The smallest absolute Gasteiger partial charge is 0.266 e. The molecule has 2 aromatic carbocycles. The van der Waals surface area contributed by atoms with Crippen molar-refractivity contribution in [1.82, 2.24) is 14.6 Å². The molecule has 4 rings (SSSR count). The van der Waals surface area contributed by atoms with Crippen LogP contribution in [-0.2, 0) is 16.6 Å². The molecule has 2 heterocycles. The molecule has 2 aromatic heterocycles. The molecule has 0 radical (unpaired) electrons. The molecule has 0 aliphatic heterocycles. The highest BCUT2D eigenvalue weighted by Crippen LogP contribution is 2.26. The summed E-state index contributed by atoms with van der Waals surface area (Å²) in [5.41, 5.74) is 2.83. The van der Waals surface area contributed by atoms with Crippen molar-refractivity contribution < 1.29 is 12.8 Å². The van der Waals surface area contributed by atoms with Gasteiger partial charge in [-0.2, -0.15) is 0 Å². The molecule has 28 heavy (non-hydrogen) atoms. The molecule has 0 N–H and O–H groups in total. The van der Waals surface area contributed by atoms with Crippen molar-refractivity contribution in [2.45, 2.75) is 18.4 Å². The standard InChI is InChI=1S/C20H17FN4O2S/c1-15-2-4-16(5-3-15)12-25(18-8-6-17(21)7-9-18)28(26,27)19-10-11-20-23-22-14-24(20)13-19/h2-11,13-14H,12H2,1H3. The summed E-state index contributed by atoms with van der Waals surface area (Å²) in [6, 6.07) is 16.1. The first-order chi connectivity index (χ1) is 13.4. The summed E-state index contributed by atoms with van der Waals surface area (Å²) in [6.07, 6.45) is 2.91. The van der Waals surface area contributed by atoms with Crippen molar-refractivity contribution in [3.05, 3.63) is 90.1 Å². The van der Waals surface area contributed by atoms with Gasteiger partial charge in [0.2, 0.25) is 0 Å². The third kappa shape index (κ3) is 3.46. The number of pyridine rings is 1. The quantitative estimate of drug-likeness (QED) is 0.517. The second-order valence-electron chi connectivity index (χ2n) is 6.43. The molecule has 6 nitrogen and oxygen atoms in total. The number of rotatable bonds is 5. The van der Waals surface area contributed by atoms with Gasteiger partial charge in [0, 0.05) is 6.20 Å². The number of hydrogen-bond donors (Lipinski definition) is 0. The van der Waals surface area contributed by atoms with Crippen molar-refractivity contribution in [1.29, 1.82) is 0 Å². The van der Waals surface area contributed by atoms with Crippen molar-refractivity contribution in [3.8, 4) is 0 Å². The summed E-state index contributed by atoms with van der Waals surface area (Å²) in [5.74, 6) is -0.428. The summed E-state index contributed by atoms with van der Waals surface area (Å²) in [7, 11) is -3.91. The van der Waals surface area contributed by atoms with Gasteiger partial charge in [-0.1, -0.05) is 29.8 Å². The van der Waals surface area contributed by atoms with Crippen LogP contribution in [0.5, 0.6) is 0 Å². The van der Waals surface area contributed by atoms with Gasteiger partial charge in [0.05, 0.1) is 12.2 Å². The normalized spacial score (nSPS) is 11.6. The predicted molar refractivity (Wildman–Crippen MR) is 104 cm³/mol. The van der Waals surface area contributed by atoms with E-state index in [1.165, 1.54) is 47.2 Å². The third-order valence-corrected chi connectivity index (χ3v) is 6.17. The van der Waals surface area contributed by atoms with E-state index in [-0.39, 0.29) is 11.4 Å². The molecular formula is C20H17FN4O2S. The van der Waals surface area contributed by atoms with Gasteiger partial charge in [0.1, 0.15) is 17.0 Å². The number of aryl methyl sites for hydroxylation is 1. The number of halogens is 1. The fourth-order valence-electron chi connectivity index (χ4n) is 2.87. The van der Waals surface area contributed by atoms with Gasteiger partial charge in [0.15, 0.2) is 5.65 Å². The first kappa shape index (κ1) is 18.1. The van der Waals surface area contributed by atoms with Crippen LogP contribution >= 0.6 is 0 Å². The van der Waals surface area contributed by atoms with E-state index in [1.54, 1.807) is 10.5 Å². The molecule has 142 valence electrons. The van der Waals surface area contributed by atoms with Crippen LogP contribution in [0.2, 0.25) is 0 Å². The largest absolute Gasteiger partial charge is 0.288 e. The summed E-state index contributed by atoms with van der Waals surface area (Å²) >= 11 is 0. The highest BCUT2D eigenvalue weighted by Gasteiger charge is 2.26. The SMILES string of the molecule is Cc1ccc(CN(c2ccc(F)cc2)S(=O)(=O)c2ccc3nncn3c2)cc1. The Morgan fingerprint density at radius 3 is 2.43 bits per heavy atom. The number of anilines is 1. The van der Waals surface area contributed by atoms with Crippen LogP contribution < -0.4 is 4.31 Å². The van der Waals surface area contributed by atoms with E-state index in [1.807, 2.05) is 31.2 Å². The molecule has 0 aliphatic rings. The Hall–Kier alpha value is -3.26. The predicted octanol–water partition coefficient (Wildman–Crippen LogP) is 3.57. The minimum Gasteiger partial charge on any atom is -0.288 e. The highest BCUT2D eigenvalue weighted by molar-refractivity contribution is 7.92. The fraction of sp³-hybridized carbons (Fsp3) is 0.100. The lowest BCUT2D eigenvalue weighted by Gasteiger charge is -2.25. The molecule has 0 saturated carbocycles. The van der Waals surface area contributed by atoms with E-state index in [0.717, 1.165) is 11.1 Å². The molecule has 0 saturated heterocycles. The van der Waals surface area contributed by atoms with E-state index in [0.29, 0.717) is 11.3 Å². The second kappa shape index (κ2) is 7.05. The second-order valence-corrected chi connectivity index (χ2v) is 8.30. The van der Waals surface area contributed by atoms with Gasteiger partial charge in [-0.05, 0) is 48.9 Å². The maximum Gasteiger partial charge on any atom is 0.266 e. The maximum absolute atomic E-state index is 13.4. The van der Waals surface area contributed by atoms with Crippen molar-refractivity contribution in [2.24, 2.45) is 0 Å². The van der Waals surface area contributed by atoms with Crippen molar-refractivity contribution >= 4 is 21.4 Å². The Labute approximate surface area is 161 Å². The van der Waals surface area contributed by atoms with Crippen LogP contribution in [0.4, 0.5) is 10.1 Å². The third-order valence-electron chi connectivity index (χ3n) is 4.41. The lowest BCUT2D eigenvalue weighted by molar-refractivity contribution is 0.589. The number of aromatic nitrogens is 3. The minimum absolute atomic E-state index is 0.0937. The Bertz CT molecular complexity index is 1220. The maximum atomic E-state index is 13.4. The topological polar surface area (TPSA) is 67.6 Å². The van der Waals surface area contributed by atoms with Gasteiger partial charge < -0.3 is 0 Å². The van der Waals surface area contributed by atoms with Gasteiger partial charge in [0.25, 0.3) is 10.0 Å². The highest BCUT2D eigenvalue weighted by atomic mass is 32.2. The molecule has 0 spiro atoms. The Morgan fingerprint density at radius 1 is 1.00 bits per heavy atom. The zero-order valence-electron chi connectivity index (χ0n) is 15.0. The molecule has 0 unspecified atom stereocenters. The Kier molecular flexibility index (Phi) is 4.56. The van der Waals surface area contributed by atoms with E-state index >= 15 is 0 Å². The molecule has 0 amide bonds. The Balaban J connectivity index is 1.80. The van der Waals surface area contributed by atoms with Crippen LogP contribution in [0.1, 0.15) is 11.1 Å². The van der Waals surface area contributed by atoms with Crippen LogP contribution in [0, 0.1) is 12.7 Å². The van der Waals surface area contributed by atoms with Gasteiger partial charge in [-0.3, -0.25) is 8.71 Å². The van der Waals surface area contributed by atoms with Crippen molar-refractivity contribution in [3.63, 3.8) is 0 Å². The van der Waals surface area contributed by atoms with E-state index in [4.69, 9.17) is 0 Å². The molecule has 8 heteroatoms. The molecule has 4 aromatic rings. The number of nitrogens with zero attached hydrogens (tertiary/aromatic N) is 4. The lowest BCUT2D eigenvalue weighted by Crippen LogP contribution is -2.30. The molecule has 0 atom stereocenters. The van der Waals surface area contributed by atoms with Gasteiger partial charge >= 0.3 is 0 Å². The number of sulfonamides is 1. The van der Waals surface area contributed by atoms with Crippen LogP contribution in [0.15, 0.2) is 78.1 Å². The van der Waals surface area contributed by atoms with E-state index in [2.05, 4.69) is 10.2 Å². The number of fused-ring (bicyclic) bond motifs is 1. The average molecular weight is 396 g/mol. The first-order valence-corrected chi connectivity index (χ1v) is 10.0. The molecule has 0 fully saturated rings. The van der Waals surface area contributed by atoms with E-state index < -0.39 is 15.8 Å². The summed E-state index contributed by atoms with van der Waals surface area (Å²) < 4.78 is 43.1. The molecule has 0 bridgehead atoms. The number of benzene rings is 2. The van der Waals surface area contributed by atoms with E-state index in [9.17, 15) is 12.8 Å². The van der Waals surface area contributed by atoms with Crippen LogP contribution in [0.25, 0.3) is 5.65 Å². The van der Waals surface area contributed by atoms with Crippen molar-refractivity contribution in [2.75, 3.05) is 4.31 Å². The fourth-order valence-corrected chi connectivity index (χ4v) is 4.33.